The van der Waals surface area contributed by atoms with Gasteiger partial charge in [0.25, 0.3) is 5.91 Å². The Morgan fingerprint density at radius 3 is 2.57 bits per heavy atom. The zero-order chi connectivity index (χ0) is 19.3. The van der Waals surface area contributed by atoms with Crippen LogP contribution in [0, 0.1) is 0 Å². The molecule has 1 aromatic heterocycles. The lowest BCUT2D eigenvalue weighted by Gasteiger charge is -2.16. The van der Waals surface area contributed by atoms with Crippen LogP contribution in [0.1, 0.15) is 36.0 Å². The Morgan fingerprint density at radius 2 is 1.89 bits per heavy atom. The minimum absolute atomic E-state index is 0.209. The summed E-state index contributed by atoms with van der Waals surface area (Å²) in [6.45, 7) is 0. The van der Waals surface area contributed by atoms with Crippen LogP contribution >= 0.6 is 0 Å². The van der Waals surface area contributed by atoms with Crippen molar-refractivity contribution in [2.75, 3.05) is 12.4 Å². The van der Waals surface area contributed by atoms with E-state index in [2.05, 4.69) is 15.4 Å². The predicted molar refractivity (Wildman–Crippen MR) is 105 cm³/mol. The Labute approximate surface area is 163 Å². The number of nitrogens with zero attached hydrogens (tertiary/aromatic N) is 3. The molecule has 0 bridgehead atoms. The Bertz CT molecular complexity index is 933. The number of carbonyl (C=O) groups is 1. The van der Waals surface area contributed by atoms with Crippen LogP contribution in [-0.4, -0.2) is 33.9 Å². The molecule has 0 spiro atoms. The van der Waals surface area contributed by atoms with Crippen molar-refractivity contribution < 1.29 is 14.3 Å². The van der Waals surface area contributed by atoms with Crippen molar-refractivity contribution in [2.45, 2.75) is 31.8 Å². The summed E-state index contributed by atoms with van der Waals surface area (Å²) in [6, 6.07) is 12.6. The molecule has 28 heavy (non-hydrogen) atoms. The molecule has 1 aliphatic carbocycles. The van der Waals surface area contributed by atoms with Gasteiger partial charge in [0.15, 0.2) is 11.5 Å². The summed E-state index contributed by atoms with van der Waals surface area (Å²) in [5.74, 6) is 1.04. The van der Waals surface area contributed by atoms with Crippen molar-refractivity contribution >= 4 is 11.6 Å². The Morgan fingerprint density at radius 1 is 1.11 bits per heavy atom. The van der Waals surface area contributed by atoms with Gasteiger partial charge >= 0.3 is 0 Å². The van der Waals surface area contributed by atoms with Gasteiger partial charge in [0.2, 0.25) is 0 Å². The number of anilines is 1. The van der Waals surface area contributed by atoms with Gasteiger partial charge in [-0.05, 0) is 68.1 Å². The highest BCUT2D eigenvalue weighted by Crippen LogP contribution is 2.32. The highest BCUT2D eigenvalue weighted by Gasteiger charge is 2.19. The molecule has 144 valence electrons. The molecular formula is C21H22N4O3. The summed E-state index contributed by atoms with van der Waals surface area (Å²) < 4.78 is 13.1. The lowest BCUT2D eigenvalue weighted by molar-refractivity contribution is 0.102. The van der Waals surface area contributed by atoms with E-state index < -0.39 is 0 Å². The van der Waals surface area contributed by atoms with Crippen LogP contribution in [0.25, 0.3) is 5.69 Å². The van der Waals surface area contributed by atoms with Crippen LogP contribution in [-0.2, 0) is 0 Å². The average molecular weight is 378 g/mol. The summed E-state index contributed by atoms with van der Waals surface area (Å²) in [5, 5.41) is 6.98. The third-order valence-corrected chi connectivity index (χ3v) is 4.83. The molecule has 3 aromatic rings. The standard InChI is InChI=1S/C21H22N4O3/c1-27-20-12-15(6-11-19(20)28-18-4-2-3-5-18)21(26)24-16-7-9-17(10-8-16)25-14-22-13-23-25/h6-14,18H,2-5H2,1H3,(H,24,26). The molecular weight excluding hydrogens is 356 g/mol. The van der Waals surface area contributed by atoms with Gasteiger partial charge in [-0.25, -0.2) is 9.67 Å². The topological polar surface area (TPSA) is 78.3 Å². The maximum atomic E-state index is 12.6. The smallest absolute Gasteiger partial charge is 0.255 e. The third kappa shape index (κ3) is 3.98. The van der Waals surface area contributed by atoms with Crippen molar-refractivity contribution in [1.29, 1.82) is 0 Å². The molecule has 0 radical (unpaired) electrons. The lowest BCUT2D eigenvalue weighted by Crippen LogP contribution is -2.14. The minimum atomic E-state index is -0.209. The van der Waals surface area contributed by atoms with E-state index in [0.29, 0.717) is 22.7 Å². The third-order valence-electron chi connectivity index (χ3n) is 4.83. The summed E-state index contributed by atoms with van der Waals surface area (Å²) in [5.41, 5.74) is 2.07. The molecule has 1 amide bonds. The van der Waals surface area contributed by atoms with Crippen molar-refractivity contribution in [3.8, 4) is 17.2 Å². The zero-order valence-corrected chi connectivity index (χ0v) is 15.7. The molecule has 1 aliphatic rings. The van der Waals surface area contributed by atoms with Crippen LogP contribution in [0.5, 0.6) is 11.5 Å². The first-order valence-corrected chi connectivity index (χ1v) is 9.34. The minimum Gasteiger partial charge on any atom is -0.493 e. The van der Waals surface area contributed by atoms with E-state index in [9.17, 15) is 4.79 Å². The van der Waals surface area contributed by atoms with Gasteiger partial charge in [0.1, 0.15) is 12.7 Å². The second-order valence-corrected chi connectivity index (χ2v) is 6.73. The average Bonchev–Trinajstić information content (AvgIpc) is 3.43. The molecule has 0 saturated heterocycles. The number of aromatic nitrogens is 3. The van der Waals surface area contributed by atoms with Gasteiger partial charge in [-0.1, -0.05) is 0 Å². The van der Waals surface area contributed by atoms with Gasteiger partial charge < -0.3 is 14.8 Å². The van der Waals surface area contributed by atoms with Crippen LogP contribution in [0.3, 0.4) is 0 Å². The van der Waals surface area contributed by atoms with E-state index in [4.69, 9.17) is 9.47 Å². The number of carbonyl (C=O) groups excluding carboxylic acids is 1. The quantitative estimate of drug-likeness (QED) is 0.705. The van der Waals surface area contributed by atoms with Crippen molar-refractivity contribution in [2.24, 2.45) is 0 Å². The second kappa shape index (κ2) is 8.12. The van der Waals surface area contributed by atoms with Gasteiger partial charge in [0, 0.05) is 11.3 Å². The van der Waals surface area contributed by atoms with Crippen molar-refractivity contribution in [1.82, 2.24) is 14.8 Å². The van der Waals surface area contributed by atoms with Crippen LogP contribution < -0.4 is 14.8 Å². The van der Waals surface area contributed by atoms with Crippen LogP contribution in [0.2, 0.25) is 0 Å². The molecule has 1 N–H and O–H groups in total. The van der Waals surface area contributed by atoms with Gasteiger partial charge in [-0.2, -0.15) is 5.10 Å². The summed E-state index contributed by atoms with van der Waals surface area (Å²) in [6.07, 6.45) is 7.85. The molecule has 0 atom stereocenters. The predicted octanol–water partition coefficient (Wildman–Crippen LogP) is 3.85. The Kier molecular flexibility index (Phi) is 5.23. The number of ether oxygens (including phenoxy) is 2. The van der Waals surface area contributed by atoms with Crippen molar-refractivity contribution in [3.05, 3.63) is 60.7 Å². The molecule has 2 aromatic carbocycles. The number of methoxy groups -OCH3 is 1. The SMILES string of the molecule is COc1cc(C(=O)Nc2ccc(-n3cncn3)cc2)ccc1OC1CCCC1. The molecule has 7 heteroatoms. The van der Waals surface area contributed by atoms with Gasteiger partial charge in [0.05, 0.1) is 18.9 Å². The fraction of sp³-hybridized carbons (Fsp3) is 0.286. The van der Waals surface area contributed by atoms with E-state index in [1.54, 1.807) is 36.3 Å². The molecule has 1 saturated carbocycles. The molecule has 7 nitrogen and oxygen atoms in total. The largest absolute Gasteiger partial charge is 0.493 e. The maximum absolute atomic E-state index is 12.6. The first-order valence-electron chi connectivity index (χ1n) is 9.34. The molecule has 0 aliphatic heterocycles. The zero-order valence-electron chi connectivity index (χ0n) is 15.7. The highest BCUT2D eigenvalue weighted by atomic mass is 16.5. The summed E-state index contributed by atoms with van der Waals surface area (Å²) in [4.78, 5) is 16.5. The van der Waals surface area contributed by atoms with Gasteiger partial charge in [-0.3, -0.25) is 4.79 Å². The van der Waals surface area contributed by atoms with E-state index >= 15 is 0 Å². The summed E-state index contributed by atoms with van der Waals surface area (Å²) >= 11 is 0. The monoisotopic (exact) mass is 378 g/mol. The van der Waals surface area contributed by atoms with E-state index in [-0.39, 0.29) is 12.0 Å². The van der Waals surface area contributed by atoms with Crippen LogP contribution in [0.15, 0.2) is 55.1 Å². The molecule has 4 rings (SSSR count). The number of nitrogens with one attached hydrogen (secondary N) is 1. The molecule has 0 unspecified atom stereocenters. The van der Waals surface area contributed by atoms with Crippen molar-refractivity contribution in [3.63, 3.8) is 0 Å². The van der Waals surface area contributed by atoms with E-state index in [0.717, 1.165) is 18.5 Å². The maximum Gasteiger partial charge on any atom is 0.255 e. The molecule has 1 heterocycles. The Hall–Kier alpha value is -3.35. The first-order chi connectivity index (χ1) is 13.7. The summed E-state index contributed by atoms with van der Waals surface area (Å²) in [7, 11) is 1.58. The number of rotatable bonds is 6. The highest BCUT2D eigenvalue weighted by molar-refractivity contribution is 6.04. The first kappa shape index (κ1) is 18.0. The second-order valence-electron chi connectivity index (χ2n) is 6.73. The number of amides is 1. The number of hydrogen-bond donors (Lipinski definition) is 1. The van der Waals surface area contributed by atoms with E-state index in [1.165, 1.54) is 19.2 Å². The normalized spacial score (nSPS) is 14.0. The van der Waals surface area contributed by atoms with Gasteiger partial charge in [-0.15, -0.1) is 0 Å². The lowest BCUT2D eigenvalue weighted by atomic mass is 10.1. The van der Waals surface area contributed by atoms with E-state index in [1.807, 2.05) is 24.3 Å². The fourth-order valence-corrected chi connectivity index (χ4v) is 3.33. The Balaban J connectivity index is 1.45. The number of hydrogen-bond acceptors (Lipinski definition) is 5. The molecule has 1 fully saturated rings. The van der Waals surface area contributed by atoms with Crippen LogP contribution in [0.4, 0.5) is 5.69 Å². The fourth-order valence-electron chi connectivity index (χ4n) is 3.33. The number of benzene rings is 2.